The second-order valence-corrected chi connectivity index (χ2v) is 6.60. The molecule has 2 aliphatic rings. The number of aromatic nitrogens is 1. The summed E-state index contributed by atoms with van der Waals surface area (Å²) in [7, 11) is 0. The van der Waals surface area contributed by atoms with Crippen molar-refractivity contribution in [2.45, 2.75) is 12.2 Å². The number of nitrogens with zero attached hydrogens (tertiary/aromatic N) is 4. The molecule has 6 nitrogen and oxygen atoms in total. The number of nitrogens with one attached hydrogen (secondary N) is 1. The van der Waals surface area contributed by atoms with Crippen LogP contribution >= 0.6 is 11.8 Å². The molecule has 2 aliphatic heterocycles. The lowest BCUT2D eigenvalue weighted by atomic mass is 10.3. The number of carbonyl (C=O) groups is 1. The van der Waals surface area contributed by atoms with Crippen LogP contribution in [-0.2, 0) is 0 Å². The summed E-state index contributed by atoms with van der Waals surface area (Å²) in [6.45, 7) is 6.25. The molecule has 0 bridgehead atoms. The van der Waals surface area contributed by atoms with Crippen LogP contribution in [0.2, 0.25) is 0 Å². The van der Waals surface area contributed by atoms with Crippen molar-refractivity contribution in [3.05, 3.63) is 24.5 Å². The summed E-state index contributed by atoms with van der Waals surface area (Å²) in [5.74, 6) is 0. The van der Waals surface area contributed by atoms with Gasteiger partial charge in [0.1, 0.15) is 0 Å². The van der Waals surface area contributed by atoms with E-state index in [1.54, 1.807) is 24.5 Å². The SMILES string of the molecule is C[C@@H]1CN=C(N2CCN(C(=O)Nc3ccncc3)CC2)S1. The second kappa shape index (κ2) is 6.34. The van der Waals surface area contributed by atoms with Crippen molar-refractivity contribution < 1.29 is 4.79 Å². The summed E-state index contributed by atoms with van der Waals surface area (Å²) in [5.41, 5.74) is 0.780. The van der Waals surface area contributed by atoms with Crippen molar-refractivity contribution in [1.29, 1.82) is 0 Å². The molecule has 1 N–H and O–H groups in total. The number of thioether (sulfide) groups is 1. The average Bonchev–Trinajstić information content (AvgIpc) is 2.95. The zero-order valence-corrected chi connectivity index (χ0v) is 12.8. The number of amides is 2. The highest BCUT2D eigenvalue weighted by Gasteiger charge is 2.26. The topological polar surface area (TPSA) is 60.8 Å². The third-order valence-electron chi connectivity index (χ3n) is 3.56. The third kappa shape index (κ3) is 3.47. The maximum Gasteiger partial charge on any atom is 0.321 e. The number of urea groups is 1. The third-order valence-corrected chi connectivity index (χ3v) is 4.71. The summed E-state index contributed by atoms with van der Waals surface area (Å²) < 4.78 is 0. The monoisotopic (exact) mass is 305 g/mol. The van der Waals surface area contributed by atoms with Crippen molar-refractivity contribution in [3.63, 3.8) is 0 Å². The van der Waals surface area contributed by atoms with Crippen LogP contribution in [-0.4, -0.2) is 64.0 Å². The number of piperazine rings is 1. The fourth-order valence-electron chi connectivity index (χ4n) is 2.37. The van der Waals surface area contributed by atoms with Gasteiger partial charge in [-0.1, -0.05) is 18.7 Å². The van der Waals surface area contributed by atoms with Gasteiger partial charge in [0.05, 0.1) is 6.54 Å². The number of anilines is 1. The van der Waals surface area contributed by atoms with Gasteiger partial charge in [-0.2, -0.15) is 0 Å². The number of amidine groups is 1. The first-order valence-electron chi connectivity index (χ1n) is 7.14. The quantitative estimate of drug-likeness (QED) is 0.858. The Morgan fingerprint density at radius 3 is 2.62 bits per heavy atom. The van der Waals surface area contributed by atoms with E-state index >= 15 is 0 Å². The van der Waals surface area contributed by atoms with E-state index in [4.69, 9.17) is 0 Å². The van der Waals surface area contributed by atoms with Gasteiger partial charge in [0, 0.05) is 49.5 Å². The van der Waals surface area contributed by atoms with Gasteiger partial charge in [-0.25, -0.2) is 4.79 Å². The molecule has 1 saturated heterocycles. The Bertz CT molecular complexity index is 527. The molecular weight excluding hydrogens is 286 g/mol. The molecular formula is C14H19N5OS. The first-order valence-corrected chi connectivity index (χ1v) is 8.02. The highest BCUT2D eigenvalue weighted by molar-refractivity contribution is 8.14. The van der Waals surface area contributed by atoms with Gasteiger partial charge in [-0.15, -0.1) is 0 Å². The van der Waals surface area contributed by atoms with Crippen LogP contribution in [0.1, 0.15) is 6.92 Å². The fraction of sp³-hybridized carbons (Fsp3) is 0.500. The molecule has 1 fully saturated rings. The van der Waals surface area contributed by atoms with Crippen LogP contribution in [0, 0.1) is 0 Å². The summed E-state index contributed by atoms with van der Waals surface area (Å²) >= 11 is 1.83. The number of carbonyl (C=O) groups excluding carboxylic acids is 1. The molecule has 0 spiro atoms. The van der Waals surface area contributed by atoms with Gasteiger partial charge < -0.3 is 15.1 Å². The lowest BCUT2D eigenvalue weighted by Gasteiger charge is -2.35. The Balaban J connectivity index is 1.50. The van der Waals surface area contributed by atoms with Crippen molar-refractivity contribution in [1.82, 2.24) is 14.8 Å². The van der Waals surface area contributed by atoms with Gasteiger partial charge in [-0.3, -0.25) is 9.98 Å². The van der Waals surface area contributed by atoms with Crippen LogP contribution in [0.25, 0.3) is 0 Å². The molecule has 3 rings (SSSR count). The first kappa shape index (κ1) is 14.2. The first-order chi connectivity index (χ1) is 10.2. The van der Waals surface area contributed by atoms with Crippen LogP contribution < -0.4 is 5.32 Å². The number of pyridine rings is 1. The zero-order chi connectivity index (χ0) is 14.7. The molecule has 7 heteroatoms. The predicted octanol–water partition coefficient (Wildman–Crippen LogP) is 1.72. The van der Waals surface area contributed by atoms with Crippen molar-refractivity contribution in [2.24, 2.45) is 4.99 Å². The van der Waals surface area contributed by atoms with Gasteiger partial charge >= 0.3 is 6.03 Å². The minimum absolute atomic E-state index is 0.0461. The molecule has 1 atom stereocenters. The minimum Gasteiger partial charge on any atom is -0.348 e. The maximum atomic E-state index is 12.2. The largest absolute Gasteiger partial charge is 0.348 e. The minimum atomic E-state index is -0.0461. The van der Waals surface area contributed by atoms with Crippen molar-refractivity contribution in [2.75, 3.05) is 38.0 Å². The number of hydrogen-bond donors (Lipinski definition) is 1. The van der Waals surface area contributed by atoms with Gasteiger partial charge in [-0.05, 0) is 12.1 Å². The molecule has 2 amide bonds. The molecule has 112 valence electrons. The normalized spacial score (nSPS) is 22.1. The number of aliphatic imine (C=N–C) groups is 1. The zero-order valence-electron chi connectivity index (χ0n) is 12.0. The van der Waals surface area contributed by atoms with Gasteiger partial charge in [0.2, 0.25) is 0 Å². The Morgan fingerprint density at radius 1 is 1.29 bits per heavy atom. The lowest BCUT2D eigenvalue weighted by molar-refractivity contribution is 0.182. The Morgan fingerprint density at radius 2 is 2.00 bits per heavy atom. The van der Waals surface area contributed by atoms with Crippen molar-refractivity contribution in [3.8, 4) is 0 Å². The van der Waals surface area contributed by atoms with Gasteiger partial charge in [0.15, 0.2) is 5.17 Å². The lowest BCUT2D eigenvalue weighted by Crippen LogP contribution is -2.51. The smallest absolute Gasteiger partial charge is 0.321 e. The van der Waals surface area contributed by atoms with E-state index in [-0.39, 0.29) is 6.03 Å². The second-order valence-electron chi connectivity index (χ2n) is 5.19. The summed E-state index contributed by atoms with van der Waals surface area (Å²) in [6, 6.07) is 3.54. The highest BCUT2D eigenvalue weighted by atomic mass is 32.2. The van der Waals surface area contributed by atoms with E-state index in [1.807, 2.05) is 16.7 Å². The Kier molecular flexibility index (Phi) is 4.28. The average molecular weight is 305 g/mol. The molecule has 0 aliphatic carbocycles. The fourth-order valence-corrected chi connectivity index (χ4v) is 3.36. The molecule has 0 unspecified atom stereocenters. The molecule has 3 heterocycles. The molecule has 1 aromatic heterocycles. The Labute approximate surface area is 128 Å². The Hall–Kier alpha value is -1.76. The van der Waals surface area contributed by atoms with Crippen LogP contribution in [0.5, 0.6) is 0 Å². The number of hydrogen-bond acceptors (Lipinski definition) is 5. The van der Waals surface area contributed by atoms with E-state index in [9.17, 15) is 4.79 Å². The van der Waals surface area contributed by atoms with E-state index in [0.717, 1.165) is 43.6 Å². The standard InChI is InChI=1S/C14H19N5OS/c1-11-10-16-14(21-11)19-8-6-18(7-9-19)13(20)17-12-2-4-15-5-3-12/h2-5,11H,6-10H2,1H3,(H,15,17,20)/t11-/m1/s1. The molecule has 21 heavy (non-hydrogen) atoms. The van der Waals surface area contributed by atoms with E-state index < -0.39 is 0 Å². The van der Waals surface area contributed by atoms with Crippen LogP contribution in [0.15, 0.2) is 29.5 Å². The summed E-state index contributed by atoms with van der Waals surface area (Å²) in [4.78, 5) is 24.8. The van der Waals surface area contributed by atoms with Crippen molar-refractivity contribution >= 4 is 28.6 Å². The maximum absolute atomic E-state index is 12.2. The molecule has 0 radical (unpaired) electrons. The number of rotatable bonds is 1. The molecule has 1 aromatic rings. The van der Waals surface area contributed by atoms with E-state index in [2.05, 4.69) is 27.1 Å². The van der Waals surface area contributed by atoms with E-state index in [1.165, 1.54) is 0 Å². The summed E-state index contributed by atoms with van der Waals surface area (Å²) in [6.07, 6.45) is 3.34. The highest BCUT2D eigenvalue weighted by Crippen LogP contribution is 2.23. The van der Waals surface area contributed by atoms with Crippen LogP contribution in [0.4, 0.5) is 10.5 Å². The predicted molar refractivity (Wildman–Crippen MR) is 85.8 cm³/mol. The molecule has 0 saturated carbocycles. The van der Waals surface area contributed by atoms with Gasteiger partial charge in [0.25, 0.3) is 0 Å². The molecule has 0 aromatic carbocycles. The van der Waals surface area contributed by atoms with E-state index in [0.29, 0.717) is 5.25 Å². The van der Waals surface area contributed by atoms with Crippen LogP contribution in [0.3, 0.4) is 0 Å². The summed E-state index contributed by atoms with van der Waals surface area (Å²) in [5, 5.41) is 4.61.